The summed E-state index contributed by atoms with van der Waals surface area (Å²) in [5.74, 6) is 0.530. The van der Waals surface area contributed by atoms with Gasteiger partial charge in [-0.15, -0.1) is 11.3 Å². The van der Waals surface area contributed by atoms with Crippen molar-refractivity contribution >= 4 is 17.2 Å². The van der Waals surface area contributed by atoms with Crippen LogP contribution in [0.4, 0.5) is 0 Å². The van der Waals surface area contributed by atoms with E-state index in [9.17, 15) is 4.79 Å². The fourth-order valence-corrected chi connectivity index (χ4v) is 2.79. The van der Waals surface area contributed by atoms with Gasteiger partial charge >= 0.3 is 0 Å². The van der Waals surface area contributed by atoms with Gasteiger partial charge in [-0.2, -0.15) is 5.10 Å². The number of carbonyl (C=O) groups is 1. The Morgan fingerprint density at radius 3 is 3.05 bits per heavy atom. The van der Waals surface area contributed by atoms with Crippen LogP contribution in [0.1, 0.15) is 15.4 Å². The van der Waals surface area contributed by atoms with Crippen LogP contribution in [0.25, 0.3) is 11.5 Å². The largest absolute Gasteiger partial charge is 0.463 e. The third-order valence-electron chi connectivity index (χ3n) is 3.12. The molecule has 1 N–H and O–H groups in total. The second kappa shape index (κ2) is 5.97. The zero-order valence-electron chi connectivity index (χ0n) is 11.6. The molecular weight excluding hydrogens is 286 g/mol. The Bertz CT molecular complexity index is 714. The molecule has 0 atom stereocenters. The van der Waals surface area contributed by atoms with Gasteiger partial charge in [0.05, 0.1) is 6.26 Å². The van der Waals surface area contributed by atoms with Crippen molar-refractivity contribution in [2.45, 2.75) is 6.42 Å². The van der Waals surface area contributed by atoms with Gasteiger partial charge in [-0.25, -0.2) is 0 Å². The molecule has 3 rings (SSSR count). The molecule has 5 nitrogen and oxygen atoms in total. The molecule has 21 heavy (non-hydrogen) atoms. The summed E-state index contributed by atoms with van der Waals surface area (Å²) in [6.07, 6.45) is 2.43. The molecule has 0 fully saturated rings. The van der Waals surface area contributed by atoms with Crippen LogP contribution >= 0.6 is 11.3 Å². The summed E-state index contributed by atoms with van der Waals surface area (Å²) in [7, 11) is 1.79. The maximum Gasteiger partial charge on any atom is 0.271 e. The molecule has 1 amide bonds. The molecule has 6 heteroatoms. The lowest BCUT2D eigenvalue weighted by molar-refractivity contribution is 0.0948. The fraction of sp³-hybridized carbons (Fsp3) is 0.200. The van der Waals surface area contributed by atoms with Crippen molar-refractivity contribution in [3.8, 4) is 11.5 Å². The fourth-order valence-electron chi connectivity index (χ4n) is 2.08. The van der Waals surface area contributed by atoms with Crippen LogP contribution in [0.2, 0.25) is 0 Å². The van der Waals surface area contributed by atoms with Crippen molar-refractivity contribution in [3.05, 3.63) is 52.5 Å². The number of nitrogens with one attached hydrogen (secondary N) is 1. The Labute approximate surface area is 126 Å². The Morgan fingerprint density at radius 2 is 2.33 bits per heavy atom. The van der Waals surface area contributed by atoms with Crippen LogP contribution in [-0.4, -0.2) is 22.2 Å². The quantitative estimate of drug-likeness (QED) is 0.788. The Hall–Kier alpha value is -2.34. The first-order chi connectivity index (χ1) is 10.2. The number of hydrogen-bond donors (Lipinski definition) is 1. The van der Waals surface area contributed by atoms with E-state index >= 15 is 0 Å². The van der Waals surface area contributed by atoms with E-state index in [1.165, 1.54) is 4.88 Å². The van der Waals surface area contributed by atoms with Crippen molar-refractivity contribution in [3.63, 3.8) is 0 Å². The summed E-state index contributed by atoms with van der Waals surface area (Å²) < 4.78 is 6.98. The molecule has 0 radical (unpaired) electrons. The highest BCUT2D eigenvalue weighted by Crippen LogP contribution is 2.20. The zero-order valence-corrected chi connectivity index (χ0v) is 12.4. The van der Waals surface area contributed by atoms with Gasteiger partial charge in [0.1, 0.15) is 5.69 Å². The molecule has 0 aliphatic carbocycles. The number of nitrogens with zero attached hydrogens (tertiary/aromatic N) is 2. The van der Waals surface area contributed by atoms with Crippen LogP contribution in [0, 0.1) is 0 Å². The molecule has 0 bridgehead atoms. The minimum absolute atomic E-state index is 0.167. The molecule has 0 aliphatic rings. The molecule has 3 aromatic rings. The number of aryl methyl sites for hydroxylation is 1. The Kier molecular flexibility index (Phi) is 3.87. The maximum absolute atomic E-state index is 12.1. The summed E-state index contributed by atoms with van der Waals surface area (Å²) >= 11 is 1.69. The molecule has 3 heterocycles. The van der Waals surface area contributed by atoms with Gasteiger partial charge in [0.2, 0.25) is 0 Å². The van der Waals surface area contributed by atoms with Gasteiger partial charge in [0.15, 0.2) is 11.5 Å². The monoisotopic (exact) mass is 301 g/mol. The van der Waals surface area contributed by atoms with Crippen molar-refractivity contribution < 1.29 is 9.21 Å². The highest BCUT2D eigenvalue weighted by atomic mass is 32.1. The summed E-state index contributed by atoms with van der Waals surface area (Å²) in [6.45, 7) is 0.603. The van der Waals surface area contributed by atoms with Crippen LogP contribution < -0.4 is 5.32 Å². The molecule has 0 aromatic carbocycles. The molecule has 0 unspecified atom stereocenters. The maximum atomic E-state index is 12.1. The van der Waals surface area contributed by atoms with E-state index in [4.69, 9.17) is 4.42 Å². The first-order valence-electron chi connectivity index (χ1n) is 6.62. The smallest absolute Gasteiger partial charge is 0.271 e. The predicted molar refractivity (Wildman–Crippen MR) is 81.3 cm³/mol. The topological polar surface area (TPSA) is 60.1 Å². The summed E-state index contributed by atoms with van der Waals surface area (Å²) in [5.41, 5.74) is 1.18. The van der Waals surface area contributed by atoms with E-state index in [0.29, 0.717) is 18.0 Å². The van der Waals surface area contributed by atoms with Gasteiger partial charge in [-0.1, -0.05) is 6.07 Å². The van der Waals surface area contributed by atoms with Crippen molar-refractivity contribution in [1.82, 2.24) is 15.1 Å². The average molecular weight is 301 g/mol. The molecule has 0 saturated carbocycles. The van der Waals surface area contributed by atoms with E-state index in [-0.39, 0.29) is 5.91 Å². The van der Waals surface area contributed by atoms with Crippen LogP contribution in [0.15, 0.2) is 46.4 Å². The average Bonchev–Trinajstić information content (AvgIpc) is 3.19. The highest BCUT2D eigenvalue weighted by Gasteiger charge is 2.14. The molecule has 0 spiro atoms. The number of thiophene rings is 1. The highest BCUT2D eigenvalue weighted by molar-refractivity contribution is 7.09. The lowest BCUT2D eigenvalue weighted by atomic mass is 10.3. The van der Waals surface area contributed by atoms with E-state index in [1.54, 1.807) is 35.4 Å². The van der Waals surface area contributed by atoms with Gasteiger partial charge in [-0.3, -0.25) is 9.48 Å². The van der Waals surface area contributed by atoms with E-state index < -0.39 is 0 Å². The lowest BCUT2D eigenvalue weighted by Gasteiger charge is -2.01. The van der Waals surface area contributed by atoms with E-state index in [0.717, 1.165) is 12.1 Å². The molecule has 0 aliphatic heterocycles. The summed E-state index contributed by atoms with van der Waals surface area (Å²) in [5, 5.41) is 9.15. The standard InChI is InChI=1S/C15H15N3O2S/c1-18-13(14-5-2-8-20-14)10-12(17-18)15(19)16-7-6-11-4-3-9-21-11/h2-5,8-10H,6-7H2,1H3,(H,16,19). The molecule has 0 saturated heterocycles. The first-order valence-corrected chi connectivity index (χ1v) is 7.50. The van der Waals surface area contributed by atoms with Crippen LogP contribution in [0.5, 0.6) is 0 Å². The Morgan fingerprint density at radius 1 is 1.43 bits per heavy atom. The number of carbonyl (C=O) groups excluding carboxylic acids is 1. The number of amides is 1. The first kappa shape index (κ1) is 13.6. The minimum Gasteiger partial charge on any atom is -0.463 e. The second-order valence-electron chi connectivity index (χ2n) is 4.60. The van der Waals surface area contributed by atoms with Gasteiger partial charge in [0, 0.05) is 24.5 Å². The van der Waals surface area contributed by atoms with Crippen molar-refractivity contribution in [2.75, 3.05) is 6.54 Å². The molecular formula is C15H15N3O2S. The predicted octanol–water partition coefficient (Wildman–Crippen LogP) is 2.71. The third kappa shape index (κ3) is 3.05. The van der Waals surface area contributed by atoms with Crippen molar-refractivity contribution in [2.24, 2.45) is 7.05 Å². The Balaban J connectivity index is 1.64. The van der Waals surface area contributed by atoms with Gasteiger partial charge in [0.25, 0.3) is 5.91 Å². The number of rotatable bonds is 5. The molecule has 3 aromatic heterocycles. The number of furan rings is 1. The van der Waals surface area contributed by atoms with E-state index in [2.05, 4.69) is 16.5 Å². The van der Waals surface area contributed by atoms with Crippen LogP contribution in [-0.2, 0) is 13.5 Å². The molecule has 108 valence electrons. The number of aromatic nitrogens is 2. The minimum atomic E-state index is -0.167. The second-order valence-corrected chi connectivity index (χ2v) is 5.63. The van der Waals surface area contributed by atoms with Crippen LogP contribution in [0.3, 0.4) is 0 Å². The van der Waals surface area contributed by atoms with Gasteiger partial charge < -0.3 is 9.73 Å². The number of hydrogen-bond acceptors (Lipinski definition) is 4. The van der Waals surface area contributed by atoms with Gasteiger partial charge in [-0.05, 0) is 30.0 Å². The SMILES string of the molecule is Cn1nc(C(=O)NCCc2cccs2)cc1-c1ccco1. The van der Waals surface area contributed by atoms with Crippen molar-refractivity contribution in [1.29, 1.82) is 0 Å². The normalized spacial score (nSPS) is 10.7. The third-order valence-corrected chi connectivity index (χ3v) is 4.06. The van der Waals surface area contributed by atoms with E-state index in [1.807, 2.05) is 23.6 Å². The summed E-state index contributed by atoms with van der Waals surface area (Å²) in [4.78, 5) is 13.4. The zero-order chi connectivity index (χ0) is 14.7. The summed E-state index contributed by atoms with van der Waals surface area (Å²) in [6, 6.07) is 9.46. The lowest BCUT2D eigenvalue weighted by Crippen LogP contribution is -2.26.